The average Bonchev–Trinajstić information content (AvgIpc) is 2.56. The minimum Gasteiger partial charge on any atom is -0.506 e. The standard InChI is InChI=1S/C16H14N4O/c21-15-7-6-13(18-11-15)8-17-14-9-19-16(20-10-14)12-4-2-1-3-5-12/h1-7,9-11,17,21H,8H2. The first-order valence-corrected chi connectivity index (χ1v) is 6.56. The first kappa shape index (κ1) is 13.1. The van der Waals surface area contributed by atoms with E-state index in [4.69, 9.17) is 0 Å². The molecule has 0 radical (unpaired) electrons. The molecule has 5 heteroatoms. The minimum atomic E-state index is 0.161. The molecule has 3 aromatic rings. The number of rotatable bonds is 4. The number of aromatic hydroxyl groups is 1. The Morgan fingerprint density at radius 3 is 2.29 bits per heavy atom. The normalized spacial score (nSPS) is 10.3. The van der Waals surface area contributed by atoms with Gasteiger partial charge in [-0.2, -0.15) is 0 Å². The zero-order chi connectivity index (χ0) is 14.5. The second-order valence-corrected chi connectivity index (χ2v) is 4.52. The molecule has 104 valence electrons. The lowest BCUT2D eigenvalue weighted by molar-refractivity contribution is 0.472. The van der Waals surface area contributed by atoms with Crippen molar-refractivity contribution in [3.63, 3.8) is 0 Å². The molecule has 2 N–H and O–H groups in total. The molecule has 0 saturated carbocycles. The van der Waals surface area contributed by atoms with Crippen molar-refractivity contribution >= 4 is 5.69 Å². The Bertz CT molecular complexity index is 697. The van der Waals surface area contributed by atoms with Crippen LogP contribution in [0.15, 0.2) is 61.1 Å². The van der Waals surface area contributed by atoms with E-state index in [9.17, 15) is 5.11 Å². The van der Waals surface area contributed by atoms with E-state index in [0.29, 0.717) is 12.4 Å². The van der Waals surface area contributed by atoms with Crippen molar-refractivity contribution in [3.8, 4) is 17.1 Å². The predicted molar refractivity (Wildman–Crippen MR) is 80.7 cm³/mol. The van der Waals surface area contributed by atoms with Gasteiger partial charge in [-0.15, -0.1) is 0 Å². The van der Waals surface area contributed by atoms with Crippen molar-refractivity contribution in [2.45, 2.75) is 6.54 Å². The molecule has 0 aliphatic carbocycles. The number of aromatic nitrogens is 3. The number of nitrogens with zero attached hydrogens (tertiary/aromatic N) is 3. The van der Waals surface area contributed by atoms with Crippen molar-refractivity contribution in [2.24, 2.45) is 0 Å². The minimum absolute atomic E-state index is 0.161. The summed E-state index contributed by atoms with van der Waals surface area (Å²) in [4.78, 5) is 12.8. The van der Waals surface area contributed by atoms with Crippen LogP contribution < -0.4 is 5.32 Å². The number of hydrogen-bond donors (Lipinski definition) is 2. The summed E-state index contributed by atoms with van der Waals surface area (Å²) in [6, 6.07) is 13.2. The molecule has 0 unspecified atom stereocenters. The second kappa shape index (κ2) is 6.00. The fourth-order valence-electron chi connectivity index (χ4n) is 1.87. The summed E-state index contributed by atoms with van der Waals surface area (Å²) in [5.41, 5.74) is 2.65. The van der Waals surface area contributed by atoms with E-state index in [1.165, 1.54) is 6.20 Å². The van der Waals surface area contributed by atoms with Crippen molar-refractivity contribution < 1.29 is 5.11 Å². The Morgan fingerprint density at radius 2 is 1.62 bits per heavy atom. The summed E-state index contributed by atoms with van der Waals surface area (Å²) in [6.07, 6.45) is 4.91. The number of benzene rings is 1. The van der Waals surface area contributed by atoms with Gasteiger partial charge in [0.25, 0.3) is 0 Å². The lowest BCUT2D eigenvalue weighted by atomic mass is 10.2. The SMILES string of the molecule is Oc1ccc(CNc2cnc(-c3ccccc3)nc2)nc1. The topological polar surface area (TPSA) is 70.9 Å². The molecule has 0 atom stereocenters. The van der Waals surface area contributed by atoms with Crippen LogP contribution in [-0.4, -0.2) is 20.1 Å². The summed E-state index contributed by atoms with van der Waals surface area (Å²) in [6.45, 7) is 0.550. The van der Waals surface area contributed by atoms with Crippen LogP contribution in [0.5, 0.6) is 5.75 Å². The molecule has 0 aliphatic rings. The van der Waals surface area contributed by atoms with E-state index in [1.54, 1.807) is 24.5 Å². The molecule has 0 spiro atoms. The van der Waals surface area contributed by atoms with Crippen LogP contribution in [0.4, 0.5) is 5.69 Å². The van der Waals surface area contributed by atoms with Crippen LogP contribution in [0, 0.1) is 0 Å². The highest BCUT2D eigenvalue weighted by Crippen LogP contribution is 2.15. The van der Waals surface area contributed by atoms with Crippen molar-refractivity contribution in [2.75, 3.05) is 5.32 Å². The Balaban J connectivity index is 1.66. The molecule has 3 rings (SSSR count). The van der Waals surface area contributed by atoms with Crippen LogP contribution in [0.2, 0.25) is 0 Å². The summed E-state index contributed by atoms with van der Waals surface area (Å²) in [7, 11) is 0. The van der Waals surface area contributed by atoms with Gasteiger partial charge in [0, 0.05) is 5.56 Å². The van der Waals surface area contributed by atoms with Crippen LogP contribution in [-0.2, 0) is 6.54 Å². The Morgan fingerprint density at radius 1 is 0.857 bits per heavy atom. The lowest BCUT2D eigenvalue weighted by Gasteiger charge is -2.06. The highest BCUT2D eigenvalue weighted by atomic mass is 16.3. The van der Waals surface area contributed by atoms with Gasteiger partial charge < -0.3 is 10.4 Å². The molecule has 0 saturated heterocycles. The van der Waals surface area contributed by atoms with Crippen LogP contribution in [0.3, 0.4) is 0 Å². The van der Waals surface area contributed by atoms with Crippen molar-refractivity contribution in [1.82, 2.24) is 15.0 Å². The fourth-order valence-corrected chi connectivity index (χ4v) is 1.87. The zero-order valence-electron chi connectivity index (χ0n) is 11.3. The number of hydrogen-bond acceptors (Lipinski definition) is 5. The highest BCUT2D eigenvalue weighted by Gasteiger charge is 2.01. The van der Waals surface area contributed by atoms with Crippen molar-refractivity contribution in [1.29, 1.82) is 0 Å². The van der Waals surface area contributed by atoms with E-state index in [2.05, 4.69) is 20.3 Å². The van der Waals surface area contributed by atoms with Gasteiger partial charge in [0.2, 0.25) is 0 Å². The summed E-state index contributed by atoms with van der Waals surface area (Å²) in [5, 5.41) is 12.4. The molecule has 0 fully saturated rings. The second-order valence-electron chi connectivity index (χ2n) is 4.52. The monoisotopic (exact) mass is 278 g/mol. The third-order valence-corrected chi connectivity index (χ3v) is 2.97. The van der Waals surface area contributed by atoms with Gasteiger partial charge in [0.05, 0.1) is 36.5 Å². The van der Waals surface area contributed by atoms with E-state index in [0.717, 1.165) is 16.9 Å². The third kappa shape index (κ3) is 3.33. The van der Waals surface area contributed by atoms with Gasteiger partial charge in [-0.05, 0) is 12.1 Å². The average molecular weight is 278 g/mol. The largest absolute Gasteiger partial charge is 0.506 e. The summed E-state index contributed by atoms with van der Waals surface area (Å²) >= 11 is 0. The van der Waals surface area contributed by atoms with Gasteiger partial charge in [0.15, 0.2) is 5.82 Å². The van der Waals surface area contributed by atoms with Gasteiger partial charge in [0.1, 0.15) is 5.75 Å². The van der Waals surface area contributed by atoms with Crippen LogP contribution >= 0.6 is 0 Å². The number of anilines is 1. The molecule has 5 nitrogen and oxygen atoms in total. The molecule has 0 bridgehead atoms. The van der Waals surface area contributed by atoms with E-state index < -0.39 is 0 Å². The van der Waals surface area contributed by atoms with E-state index >= 15 is 0 Å². The highest BCUT2D eigenvalue weighted by molar-refractivity contribution is 5.55. The zero-order valence-corrected chi connectivity index (χ0v) is 11.3. The van der Waals surface area contributed by atoms with Crippen molar-refractivity contribution in [3.05, 3.63) is 66.7 Å². The summed E-state index contributed by atoms with van der Waals surface area (Å²) < 4.78 is 0. The molecule has 2 aromatic heterocycles. The Labute approximate surface area is 122 Å². The molecule has 21 heavy (non-hydrogen) atoms. The third-order valence-electron chi connectivity index (χ3n) is 2.97. The van der Waals surface area contributed by atoms with Crippen LogP contribution in [0.1, 0.15) is 5.69 Å². The maximum absolute atomic E-state index is 9.18. The molecule has 1 aromatic carbocycles. The van der Waals surface area contributed by atoms with Gasteiger partial charge >= 0.3 is 0 Å². The Kier molecular flexibility index (Phi) is 3.73. The molecule has 2 heterocycles. The first-order valence-electron chi connectivity index (χ1n) is 6.56. The quantitative estimate of drug-likeness (QED) is 0.768. The molecular formula is C16H14N4O. The van der Waals surface area contributed by atoms with Gasteiger partial charge in [-0.3, -0.25) is 4.98 Å². The van der Waals surface area contributed by atoms with Gasteiger partial charge in [-0.25, -0.2) is 9.97 Å². The Hall–Kier alpha value is -2.95. The maximum atomic E-state index is 9.18. The number of pyridine rings is 1. The molecule has 0 amide bonds. The van der Waals surface area contributed by atoms with E-state index in [-0.39, 0.29) is 5.75 Å². The predicted octanol–water partition coefficient (Wildman–Crippen LogP) is 2.86. The first-order chi connectivity index (χ1) is 10.3. The molecule has 0 aliphatic heterocycles. The van der Waals surface area contributed by atoms with Crippen LogP contribution in [0.25, 0.3) is 11.4 Å². The van der Waals surface area contributed by atoms with Gasteiger partial charge in [-0.1, -0.05) is 30.3 Å². The summed E-state index contributed by atoms with van der Waals surface area (Å²) in [5.74, 6) is 0.859. The fraction of sp³-hybridized carbons (Fsp3) is 0.0625. The maximum Gasteiger partial charge on any atom is 0.159 e. The van der Waals surface area contributed by atoms with E-state index in [1.807, 2.05) is 30.3 Å². The smallest absolute Gasteiger partial charge is 0.159 e. The molecular weight excluding hydrogens is 264 g/mol. The lowest BCUT2D eigenvalue weighted by Crippen LogP contribution is -2.02. The number of nitrogens with one attached hydrogen (secondary N) is 1.